The minimum absolute atomic E-state index is 0.0818. The van der Waals surface area contributed by atoms with Crippen LogP contribution in [0.4, 0.5) is 5.82 Å². The Hall–Kier alpha value is -2.56. The standard InChI is InChI=1S/C18H18N2O3/c21-17(22)14-5-3-7-16(19-14)20-11-10-18(12-20)9-8-13-4-1-2-6-15(13)23-18/h1-7H,8-12H2,(H,21,22). The Morgan fingerprint density at radius 3 is 2.91 bits per heavy atom. The molecular formula is C18H18N2O3. The van der Waals surface area contributed by atoms with E-state index in [4.69, 9.17) is 9.84 Å². The Kier molecular flexibility index (Phi) is 3.22. The van der Waals surface area contributed by atoms with Gasteiger partial charge in [0, 0.05) is 13.0 Å². The molecule has 1 unspecified atom stereocenters. The van der Waals surface area contributed by atoms with Crippen LogP contribution in [0.3, 0.4) is 0 Å². The minimum Gasteiger partial charge on any atom is -0.485 e. The summed E-state index contributed by atoms with van der Waals surface area (Å²) in [6.07, 6.45) is 2.94. The molecule has 3 heterocycles. The molecule has 1 N–H and O–H groups in total. The van der Waals surface area contributed by atoms with Gasteiger partial charge in [0.05, 0.1) is 6.54 Å². The number of para-hydroxylation sites is 1. The SMILES string of the molecule is O=C(O)c1cccc(N2CCC3(CCc4ccccc4O3)C2)n1. The van der Waals surface area contributed by atoms with Crippen molar-refractivity contribution in [1.82, 2.24) is 4.98 Å². The Morgan fingerprint density at radius 2 is 2.04 bits per heavy atom. The number of carbonyl (C=O) groups is 1. The van der Waals surface area contributed by atoms with E-state index in [-0.39, 0.29) is 11.3 Å². The smallest absolute Gasteiger partial charge is 0.354 e. The molecule has 23 heavy (non-hydrogen) atoms. The summed E-state index contributed by atoms with van der Waals surface area (Å²) >= 11 is 0. The first-order valence-corrected chi connectivity index (χ1v) is 7.87. The maximum Gasteiger partial charge on any atom is 0.354 e. The first kappa shape index (κ1) is 14.1. The first-order valence-electron chi connectivity index (χ1n) is 7.87. The van der Waals surface area contributed by atoms with Crippen molar-refractivity contribution in [2.24, 2.45) is 0 Å². The van der Waals surface area contributed by atoms with E-state index < -0.39 is 5.97 Å². The van der Waals surface area contributed by atoms with Gasteiger partial charge >= 0.3 is 5.97 Å². The van der Waals surface area contributed by atoms with E-state index in [2.05, 4.69) is 16.0 Å². The monoisotopic (exact) mass is 310 g/mol. The summed E-state index contributed by atoms with van der Waals surface area (Å²) in [5.74, 6) is 0.695. The molecule has 2 aliphatic rings. The second-order valence-corrected chi connectivity index (χ2v) is 6.25. The molecule has 1 fully saturated rings. The fourth-order valence-corrected chi connectivity index (χ4v) is 3.50. The highest BCUT2D eigenvalue weighted by atomic mass is 16.5. The Labute approximate surface area is 134 Å². The van der Waals surface area contributed by atoms with Gasteiger partial charge < -0.3 is 14.7 Å². The van der Waals surface area contributed by atoms with Crippen molar-refractivity contribution in [3.8, 4) is 5.75 Å². The van der Waals surface area contributed by atoms with E-state index in [9.17, 15) is 4.79 Å². The molecule has 2 aliphatic heterocycles. The molecule has 0 bridgehead atoms. The van der Waals surface area contributed by atoms with Crippen LogP contribution in [-0.4, -0.2) is 34.8 Å². The molecule has 5 nitrogen and oxygen atoms in total. The van der Waals surface area contributed by atoms with Gasteiger partial charge in [-0.3, -0.25) is 0 Å². The number of rotatable bonds is 2. The molecule has 0 aliphatic carbocycles. The highest BCUT2D eigenvalue weighted by molar-refractivity contribution is 5.85. The summed E-state index contributed by atoms with van der Waals surface area (Å²) in [5, 5.41) is 9.10. The number of hydrogen-bond donors (Lipinski definition) is 1. The topological polar surface area (TPSA) is 62.7 Å². The molecule has 1 aromatic heterocycles. The largest absolute Gasteiger partial charge is 0.485 e. The Morgan fingerprint density at radius 1 is 1.17 bits per heavy atom. The van der Waals surface area contributed by atoms with Gasteiger partial charge in [0.15, 0.2) is 5.69 Å². The number of hydrogen-bond acceptors (Lipinski definition) is 4. The molecule has 0 radical (unpaired) electrons. The molecule has 0 saturated carbocycles. The van der Waals surface area contributed by atoms with Crippen LogP contribution in [0, 0.1) is 0 Å². The van der Waals surface area contributed by atoms with Crippen molar-refractivity contribution in [2.75, 3.05) is 18.0 Å². The summed E-state index contributed by atoms with van der Waals surface area (Å²) in [4.78, 5) is 17.5. The zero-order valence-electron chi connectivity index (χ0n) is 12.7. The lowest BCUT2D eigenvalue weighted by atomic mass is 9.90. The second-order valence-electron chi connectivity index (χ2n) is 6.25. The molecule has 1 spiro atoms. The lowest BCUT2D eigenvalue weighted by Crippen LogP contribution is -2.42. The fourth-order valence-electron chi connectivity index (χ4n) is 3.50. The van der Waals surface area contributed by atoms with Crippen LogP contribution in [-0.2, 0) is 6.42 Å². The van der Waals surface area contributed by atoms with E-state index >= 15 is 0 Å². The number of carboxylic acids is 1. The number of carboxylic acid groups (broad SMARTS) is 1. The van der Waals surface area contributed by atoms with Gasteiger partial charge in [-0.1, -0.05) is 24.3 Å². The van der Waals surface area contributed by atoms with Gasteiger partial charge in [0.1, 0.15) is 17.2 Å². The van der Waals surface area contributed by atoms with Gasteiger partial charge in [0.25, 0.3) is 0 Å². The number of fused-ring (bicyclic) bond motifs is 1. The zero-order valence-corrected chi connectivity index (χ0v) is 12.7. The fraction of sp³-hybridized carbons (Fsp3) is 0.333. The van der Waals surface area contributed by atoms with Gasteiger partial charge in [-0.2, -0.15) is 0 Å². The number of ether oxygens (including phenoxy) is 1. The van der Waals surface area contributed by atoms with Crippen LogP contribution in [0.2, 0.25) is 0 Å². The molecule has 1 saturated heterocycles. The lowest BCUT2D eigenvalue weighted by molar-refractivity contribution is 0.0682. The quantitative estimate of drug-likeness (QED) is 0.924. The predicted octanol–water partition coefficient (Wildman–Crippen LogP) is 2.75. The van der Waals surface area contributed by atoms with Crippen LogP contribution in [0.1, 0.15) is 28.9 Å². The third kappa shape index (κ3) is 2.52. The van der Waals surface area contributed by atoms with Crippen molar-refractivity contribution in [3.63, 3.8) is 0 Å². The maximum absolute atomic E-state index is 11.1. The predicted molar refractivity (Wildman–Crippen MR) is 86.1 cm³/mol. The van der Waals surface area contributed by atoms with E-state index in [1.54, 1.807) is 6.07 Å². The third-order valence-corrected chi connectivity index (χ3v) is 4.74. The maximum atomic E-state index is 11.1. The molecule has 0 amide bonds. The number of nitrogens with zero attached hydrogens (tertiary/aromatic N) is 2. The minimum atomic E-state index is -0.997. The number of aryl methyl sites for hydroxylation is 1. The van der Waals surface area contributed by atoms with Crippen LogP contribution >= 0.6 is 0 Å². The summed E-state index contributed by atoms with van der Waals surface area (Å²) in [5.41, 5.74) is 1.16. The van der Waals surface area contributed by atoms with Crippen LogP contribution in [0.5, 0.6) is 5.75 Å². The van der Waals surface area contributed by atoms with E-state index in [0.717, 1.165) is 38.1 Å². The molecule has 1 aromatic carbocycles. The van der Waals surface area contributed by atoms with E-state index in [0.29, 0.717) is 5.82 Å². The highest BCUT2D eigenvalue weighted by Gasteiger charge is 2.43. The molecule has 118 valence electrons. The zero-order chi connectivity index (χ0) is 15.9. The van der Waals surface area contributed by atoms with Crippen molar-refractivity contribution >= 4 is 11.8 Å². The van der Waals surface area contributed by atoms with E-state index in [1.165, 1.54) is 11.6 Å². The van der Waals surface area contributed by atoms with Crippen molar-refractivity contribution in [1.29, 1.82) is 0 Å². The molecule has 4 rings (SSSR count). The number of aromatic carboxylic acids is 1. The second kappa shape index (κ2) is 5.26. The van der Waals surface area contributed by atoms with E-state index in [1.807, 2.05) is 24.3 Å². The summed E-state index contributed by atoms with van der Waals surface area (Å²) in [6.45, 7) is 1.58. The van der Waals surface area contributed by atoms with Crippen molar-refractivity contribution < 1.29 is 14.6 Å². The normalized spacial score (nSPS) is 22.7. The molecule has 2 aromatic rings. The molecular weight excluding hydrogens is 292 g/mol. The number of anilines is 1. The van der Waals surface area contributed by atoms with Crippen molar-refractivity contribution in [3.05, 3.63) is 53.7 Å². The average molecular weight is 310 g/mol. The van der Waals surface area contributed by atoms with Crippen LogP contribution < -0.4 is 9.64 Å². The van der Waals surface area contributed by atoms with Gasteiger partial charge in [-0.15, -0.1) is 0 Å². The number of aromatic nitrogens is 1. The molecule has 5 heteroatoms. The van der Waals surface area contributed by atoms with Gasteiger partial charge in [-0.25, -0.2) is 9.78 Å². The van der Waals surface area contributed by atoms with Crippen LogP contribution in [0.25, 0.3) is 0 Å². The first-order chi connectivity index (χ1) is 11.2. The molecule has 1 atom stereocenters. The number of pyridine rings is 1. The Bertz CT molecular complexity index is 761. The third-order valence-electron chi connectivity index (χ3n) is 4.74. The average Bonchev–Trinajstić information content (AvgIpc) is 2.98. The van der Waals surface area contributed by atoms with Crippen LogP contribution in [0.15, 0.2) is 42.5 Å². The summed E-state index contributed by atoms with van der Waals surface area (Å²) in [6, 6.07) is 13.3. The van der Waals surface area contributed by atoms with Crippen molar-refractivity contribution in [2.45, 2.75) is 24.9 Å². The Balaban J connectivity index is 1.56. The summed E-state index contributed by atoms with van der Waals surface area (Å²) in [7, 11) is 0. The highest BCUT2D eigenvalue weighted by Crippen LogP contribution is 2.39. The van der Waals surface area contributed by atoms with Gasteiger partial charge in [0.2, 0.25) is 0 Å². The van der Waals surface area contributed by atoms with Gasteiger partial charge in [-0.05, 0) is 36.6 Å². The lowest BCUT2D eigenvalue weighted by Gasteiger charge is -2.35. The number of benzene rings is 1. The summed E-state index contributed by atoms with van der Waals surface area (Å²) < 4.78 is 6.32.